The number of aliphatic hydroxyl groups is 3. The van der Waals surface area contributed by atoms with Gasteiger partial charge in [-0.05, 0) is 49.2 Å². The van der Waals surface area contributed by atoms with Crippen LogP contribution < -0.4 is 9.47 Å². The first kappa shape index (κ1) is 26.4. The number of carbonyl (C=O) groups excluding carboxylic acids is 1. The van der Waals surface area contributed by atoms with Crippen LogP contribution in [-0.4, -0.2) is 87.7 Å². The molecule has 3 aliphatic rings. The topological polar surface area (TPSA) is 155 Å². The molecule has 1 unspecified atom stereocenters. The average Bonchev–Trinajstić information content (AvgIpc) is 2.93. The molecule has 0 saturated carbocycles. The number of nitrogens with zero attached hydrogens (tertiary/aromatic N) is 1. The Morgan fingerprint density at radius 1 is 0.921 bits per heavy atom. The van der Waals surface area contributed by atoms with Gasteiger partial charge < -0.3 is 39.4 Å². The van der Waals surface area contributed by atoms with Crippen LogP contribution in [-0.2, 0) is 25.6 Å². The van der Waals surface area contributed by atoms with Gasteiger partial charge in [-0.15, -0.1) is 0 Å². The van der Waals surface area contributed by atoms with Crippen molar-refractivity contribution in [1.82, 2.24) is 4.90 Å². The van der Waals surface area contributed by atoms with E-state index in [4.69, 9.17) is 24.1 Å². The number of carbonyl (C=O) groups is 2. The number of rotatable bonds is 6. The number of aliphatic hydroxyl groups excluding tert-OH is 3. The summed E-state index contributed by atoms with van der Waals surface area (Å²) in [7, 11) is 0. The number of ether oxygens (including phenoxy) is 4. The van der Waals surface area contributed by atoms with Crippen LogP contribution in [0.4, 0.5) is 0 Å². The molecule has 204 valence electrons. The number of hydrogen-bond acceptors (Lipinski definition) is 10. The minimum atomic E-state index is -1.84. The Bertz CT molecular complexity index is 1130. The maximum absolute atomic E-state index is 12.7. The normalized spacial score (nSPS) is 30.0. The van der Waals surface area contributed by atoms with Gasteiger partial charge in [0.15, 0.2) is 23.7 Å². The molecular formula is C27H31NO10. The molecule has 6 atom stereocenters. The van der Waals surface area contributed by atoms with Crippen molar-refractivity contribution < 1.29 is 49.0 Å². The molecule has 0 radical (unpaired) electrons. The molecule has 11 nitrogen and oxygen atoms in total. The van der Waals surface area contributed by atoms with Gasteiger partial charge in [-0.3, -0.25) is 9.69 Å². The van der Waals surface area contributed by atoms with Gasteiger partial charge in [0.2, 0.25) is 6.29 Å². The molecule has 0 aliphatic carbocycles. The summed E-state index contributed by atoms with van der Waals surface area (Å²) in [5, 5.41) is 38.9. The number of piperidine rings is 1. The number of hydrogen-bond donors (Lipinski definition) is 4. The molecule has 11 heteroatoms. The SMILES string of the molecule is O=C(OC1O[C@@H](C(=O)O)[C@H](O)[C@@H](O)[C@@H]1O)C1CCN(Cc2ccc([C@H]3COc4ccccc4O3)cc2)CC1. The van der Waals surface area contributed by atoms with E-state index in [1.807, 2.05) is 36.4 Å². The van der Waals surface area contributed by atoms with Crippen molar-refractivity contribution in [2.24, 2.45) is 5.92 Å². The van der Waals surface area contributed by atoms with Crippen molar-refractivity contribution in [2.45, 2.75) is 56.2 Å². The molecule has 3 heterocycles. The van der Waals surface area contributed by atoms with E-state index >= 15 is 0 Å². The molecular weight excluding hydrogens is 498 g/mol. The predicted octanol–water partition coefficient (Wildman–Crippen LogP) is 0.847. The fourth-order valence-electron chi connectivity index (χ4n) is 4.97. The van der Waals surface area contributed by atoms with E-state index in [2.05, 4.69) is 17.0 Å². The summed E-state index contributed by atoms with van der Waals surface area (Å²) in [5.41, 5.74) is 2.15. The summed E-state index contributed by atoms with van der Waals surface area (Å²) < 4.78 is 22.1. The summed E-state index contributed by atoms with van der Waals surface area (Å²) >= 11 is 0. The fourth-order valence-corrected chi connectivity index (χ4v) is 4.97. The largest absolute Gasteiger partial charge is 0.485 e. The Hall–Kier alpha value is -3.22. The lowest BCUT2D eigenvalue weighted by atomic mass is 9.96. The van der Waals surface area contributed by atoms with Gasteiger partial charge in [0.05, 0.1) is 5.92 Å². The zero-order valence-corrected chi connectivity index (χ0v) is 20.6. The van der Waals surface area contributed by atoms with Crippen molar-refractivity contribution in [3.05, 3.63) is 59.7 Å². The maximum atomic E-state index is 12.7. The van der Waals surface area contributed by atoms with Gasteiger partial charge in [0.1, 0.15) is 24.9 Å². The Morgan fingerprint density at radius 2 is 1.61 bits per heavy atom. The van der Waals surface area contributed by atoms with Crippen molar-refractivity contribution in [1.29, 1.82) is 0 Å². The van der Waals surface area contributed by atoms with Gasteiger partial charge in [0, 0.05) is 6.54 Å². The summed E-state index contributed by atoms with van der Waals surface area (Å²) in [5.74, 6) is -1.15. The van der Waals surface area contributed by atoms with E-state index in [0.717, 1.165) is 22.6 Å². The number of para-hydroxylation sites is 2. The molecule has 0 aromatic heterocycles. The predicted molar refractivity (Wildman–Crippen MR) is 130 cm³/mol. The van der Waals surface area contributed by atoms with Crippen molar-refractivity contribution in [2.75, 3.05) is 19.7 Å². The first-order chi connectivity index (χ1) is 18.3. The molecule has 2 aromatic rings. The molecule has 2 fully saturated rings. The van der Waals surface area contributed by atoms with Crippen LogP contribution in [0.3, 0.4) is 0 Å². The Kier molecular flexibility index (Phi) is 7.82. The second kappa shape index (κ2) is 11.3. The highest BCUT2D eigenvalue weighted by atomic mass is 16.7. The maximum Gasteiger partial charge on any atom is 0.335 e. The van der Waals surface area contributed by atoms with Crippen LogP contribution in [0.15, 0.2) is 48.5 Å². The van der Waals surface area contributed by atoms with E-state index in [1.54, 1.807) is 0 Å². The molecule has 2 saturated heterocycles. The number of carboxylic acid groups (broad SMARTS) is 1. The minimum Gasteiger partial charge on any atom is -0.485 e. The van der Waals surface area contributed by atoms with Crippen molar-refractivity contribution >= 4 is 11.9 Å². The Morgan fingerprint density at radius 3 is 2.29 bits per heavy atom. The number of aliphatic carboxylic acids is 1. The van der Waals surface area contributed by atoms with E-state index in [0.29, 0.717) is 39.1 Å². The minimum absolute atomic E-state index is 0.178. The van der Waals surface area contributed by atoms with Gasteiger partial charge >= 0.3 is 11.9 Å². The molecule has 2 aromatic carbocycles. The second-order valence-corrected chi connectivity index (χ2v) is 9.83. The highest BCUT2D eigenvalue weighted by Gasteiger charge is 2.49. The number of fused-ring (bicyclic) bond motifs is 1. The van der Waals surface area contributed by atoms with Crippen LogP contribution in [0, 0.1) is 5.92 Å². The van der Waals surface area contributed by atoms with Gasteiger partial charge in [-0.2, -0.15) is 0 Å². The number of carboxylic acids is 1. The summed E-state index contributed by atoms with van der Waals surface area (Å²) in [4.78, 5) is 26.1. The molecule has 4 N–H and O–H groups in total. The zero-order valence-electron chi connectivity index (χ0n) is 20.6. The fraction of sp³-hybridized carbons (Fsp3) is 0.481. The highest BCUT2D eigenvalue weighted by molar-refractivity contribution is 5.74. The molecule has 38 heavy (non-hydrogen) atoms. The standard InChI is InChI=1S/C27H31NO10/c29-21-22(30)24(25(32)33)37-27(23(21)31)38-26(34)17-9-11-28(12-10-17)13-15-5-7-16(8-6-15)20-14-35-18-3-1-2-4-19(18)36-20/h1-8,17,20-24,27,29-31H,9-14H2,(H,32,33)/t20-,21-,22-,23+,24-,27?/m1/s1. The second-order valence-electron chi connectivity index (χ2n) is 9.83. The van der Waals surface area contributed by atoms with Crippen LogP contribution >= 0.6 is 0 Å². The highest BCUT2D eigenvalue weighted by Crippen LogP contribution is 2.36. The van der Waals surface area contributed by atoms with E-state index in [-0.39, 0.29) is 6.10 Å². The lowest BCUT2D eigenvalue weighted by Gasteiger charge is -2.39. The van der Waals surface area contributed by atoms with Crippen LogP contribution in [0.25, 0.3) is 0 Å². The van der Waals surface area contributed by atoms with Gasteiger partial charge in [0.25, 0.3) is 0 Å². The first-order valence-corrected chi connectivity index (χ1v) is 12.6. The molecule has 3 aliphatic heterocycles. The third-order valence-electron chi connectivity index (χ3n) is 7.23. The Labute approximate surface area is 219 Å². The molecule has 0 spiro atoms. The van der Waals surface area contributed by atoms with E-state index in [9.17, 15) is 24.9 Å². The number of benzene rings is 2. The smallest absolute Gasteiger partial charge is 0.335 e. The van der Waals surface area contributed by atoms with Gasteiger partial charge in [-0.1, -0.05) is 36.4 Å². The number of likely N-dealkylation sites (tertiary alicyclic amines) is 1. The van der Waals surface area contributed by atoms with Gasteiger partial charge in [-0.25, -0.2) is 4.79 Å². The number of esters is 1. The summed E-state index contributed by atoms with van der Waals surface area (Å²) in [6.07, 6.45) is -8.05. The molecule has 5 rings (SSSR count). The third-order valence-corrected chi connectivity index (χ3v) is 7.23. The van der Waals surface area contributed by atoms with Crippen LogP contribution in [0.1, 0.15) is 30.1 Å². The van der Waals surface area contributed by atoms with E-state index < -0.39 is 48.6 Å². The lowest BCUT2D eigenvalue weighted by Crippen LogP contribution is -2.60. The van der Waals surface area contributed by atoms with E-state index in [1.165, 1.54) is 0 Å². The molecule has 0 bridgehead atoms. The van der Waals surface area contributed by atoms with Crippen LogP contribution in [0.5, 0.6) is 11.5 Å². The van der Waals surface area contributed by atoms with Crippen molar-refractivity contribution in [3.63, 3.8) is 0 Å². The van der Waals surface area contributed by atoms with Crippen LogP contribution in [0.2, 0.25) is 0 Å². The lowest BCUT2D eigenvalue weighted by molar-refractivity contribution is -0.287. The quantitative estimate of drug-likeness (QED) is 0.394. The molecule has 0 amide bonds. The average molecular weight is 530 g/mol. The third kappa shape index (κ3) is 5.62. The summed E-state index contributed by atoms with van der Waals surface area (Å²) in [6, 6.07) is 15.8. The monoisotopic (exact) mass is 529 g/mol. The Balaban J connectivity index is 1.10. The summed E-state index contributed by atoms with van der Waals surface area (Å²) in [6.45, 7) is 2.44. The van der Waals surface area contributed by atoms with Crippen molar-refractivity contribution in [3.8, 4) is 11.5 Å². The zero-order chi connectivity index (χ0) is 26.8. The first-order valence-electron chi connectivity index (χ1n) is 12.6.